The highest BCUT2D eigenvalue weighted by Gasteiger charge is 2.43. The number of carbonyl (C=O) groups is 3. The third kappa shape index (κ3) is 2.70. The lowest BCUT2D eigenvalue weighted by Crippen LogP contribution is -2.69. The van der Waals surface area contributed by atoms with Crippen LogP contribution in [0.5, 0.6) is 5.75 Å². The summed E-state index contributed by atoms with van der Waals surface area (Å²) in [5, 5.41) is 2.74. The summed E-state index contributed by atoms with van der Waals surface area (Å²) < 4.78 is 5.24. The molecule has 0 saturated carbocycles. The highest BCUT2D eigenvalue weighted by Crippen LogP contribution is 2.23. The highest BCUT2D eigenvalue weighted by atomic mass is 16.5. The predicted molar refractivity (Wildman–Crippen MR) is 86.6 cm³/mol. The van der Waals surface area contributed by atoms with Gasteiger partial charge in [-0.05, 0) is 18.6 Å². The van der Waals surface area contributed by atoms with Crippen LogP contribution < -0.4 is 10.1 Å². The summed E-state index contributed by atoms with van der Waals surface area (Å²) >= 11 is 0. The van der Waals surface area contributed by atoms with E-state index in [0.29, 0.717) is 30.8 Å². The number of methoxy groups -OCH3 is 1. The molecule has 0 aromatic heterocycles. The van der Waals surface area contributed by atoms with Crippen LogP contribution in [-0.4, -0.2) is 66.3 Å². The molecule has 3 amide bonds. The molecule has 1 N–H and O–H groups in total. The van der Waals surface area contributed by atoms with Crippen molar-refractivity contribution in [1.82, 2.24) is 15.1 Å². The van der Waals surface area contributed by atoms with Gasteiger partial charge in [0.25, 0.3) is 5.91 Å². The molecule has 2 fully saturated rings. The van der Waals surface area contributed by atoms with E-state index in [0.717, 1.165) is 0 Å². The normalized spacial score (nSPS) is 23.6. The van der Waals surface area contributed by atoms with E-state index in [2.05, 4.69) is 5.32 Å². The van der Waals surface area contributed by atoms with E-state index in [-0.39, 0.29) is 24.3 Å². The van der Waals surface area contributed by atoms with Crippen molar-refractivity contribution in [3.8, 4) is 5.75 Å². The van der Waals surface area contributed by atoms with Crippen LogP contribution in [0.25, 0.3) is 0 Å². The lowest BCUT2D eigenvalue weighted by atomic mass is 10.0. The Morgan fingerprint density at radius 1 is 1.29 bits per heavy atom. The fraction of sp³-hybridized carbons (Fsp3) is 0.471. The predicted octanol–water partition coefficient (Wildman–Crippen LogP) is 0.257. The quantitative estimate of drug-likeness (QED) is 0.861. The fourth-order valence-corrected chi connectivity index (χ4v) is 3.25. The van der Waals surface area contributed by atoms with Gasteiger partial charge in [0, 0.05) is 13.1 Å². The smallest absolute Gasteiger partial charge is 0.257 e. The maximum absolute atomic E-state index is 12.8. The van der Waals surface area contributed by atoms with Gasteiger partial charge in [0.1, 0.15) is 17.8 Å². The third-order valence-electron chi connectivity index (χ3n) is 4.61. The number of benzene rings is 1. The van der Waals surface area contributed by atoms with Crippen LogP contribution in [0, 0.1) is 0 Å². The average molecular weight is 331 g/mol. The Kier molecular flexibility index (Phi) is 4.42. The molecule has 2 aliphatic rings. The molecule has 0 radical (unpaired) electrons. The zero-order valence-electron chi connectivity index (χ0n) is 13.8. The molecule has 1 aromatic rings. The van der Waals surface area contributed by atoms with Crippen molar-refractivity contribution in [2.75, 3.05) is 26.7 Å². The van der Waals surface area contributed by atoms with Gasteiger partial charge in [-0.3, -0.25) is 14.4 Å². The molecule has 2 atom stereocenters. The van der Waals surface area contributed by atoms with Crippen LogP contribution >= 0.6 is 0 Å². The first-order valence-electron chi connectivity index (χ1n) is 8.10. The van der Waals surface area contributed by atoms with Crippen molar-refractivity contribution in [3.63, 3.8) is 0 Å². The standard InChI is InChI=1S/C17H21N3O4/c1-3-12-17(23)20-9-8-19(10-13(20)15(21)18-12)16(22)11-6-4-5-7-14(11)24-2/h4-7,12-13H,3,8-10H2,1-2H3,(H,18,21)/t12-,13+/m0/s1. The summed E-state index contributed by atoms with van der Waals surface area (Å²) in [5.74, 6) is 0.0515. The first-order chi connectivity index (χ1) is 11.6. The molecule has 0 bridgehead atoms. The summed E-state index contributed by atoms with van der Waals surface area (Å²) in [7, 11) is 1.52. The van der Waals surface area contributed by atoms with Gasteiger partial charge in [0.15, 0.2) is 0 Å². The number of nitrogens with zero attached hydrogens (tertiary/aromatic N) is 2. The van der Waals surface area contributed by atoms with Gasteiger partial charge in [0.2, 0.25) is 11.8 Å². The molecule has 0 aliphatic carbocycles. The molecule has 24 heavy (non-hydrogen) atoms. The molecular weight excluding hydrogens is 310 g/mol. The first-order valence-corrected chi connectivity index (χ1v) is 8.10. The summed E-state index contributed by atoms with van der Waals surface area (Å²) in [6, 6.07) is 5.93. The molecule has 3 rings (SSSR count). The SMILES string of the molecule is CC[C@@H]1NC(=O)[C@H]2CN(C(=O)c3ccccc3OC)CCN2C1=O. The number of ether oxygens (including phenoxy) is 1. The number of fused-ring (bicyclic) bond motifs is 1. The molecule has 2 saturated heterocycles. The summed E-state index contributed by atoms with van der Waals surface area (Å²) in [6.45, 7) is 2.84. The lowest BCUT2D eigenvalue weighted by molar-refractivity contribution is -0.152. The van der Waals surface area contributed by atoms with Crippen LogP contribution in [0.3, 0.4) is 0 Å². The summed E-state index contributed by atoms with van der Waals surface area (Å²) in [5.41, 5.74) is 0.461. The Morgan fingerprint density at radius 3 is 2.75 bits per heavy atom. The Morgan fingerprint density at radius 2 is 2.04 bits per heavy atom. The van der Waals surface area contributed by atoms with E-state index in [1.165, 1.54) is 7.11 Å². The minimum atomic E-state index is -0.618. The monoisotopic (exact) mass is 331 g/mol. The van der Waals surface area contributed by atoms with Crippen LogP contribution in [0.4, 0.5) is 0 Å². The number of hydrogen-bond donors (Lipinski definition) is 1. The number of rotatable bonds is 3. The second-order valence-electron chi connectivity index (χ2n) is 5.97. The van der Waals surface area contributed by atoms with Crippen molar-refractivity contribution in [2.24, 2.45) is 0 Å². The number of nitrogens with one attached hydrogen (secondary N) is 1. The molecule has 7 nitrogen and oxygen atoms in total. The second-order valence-corrected chi connectivity index (χ2v) is 5.97. The molecule has 128 valence electrons. The number of carbonyl (C=O) groups excluding carboxylic acids is 3. The maximum atomic E-state index is 12.8. The van der Waals surface area contributed by atoms with Crippen molar-refractivity contribution in [2.45, 2.75) is 25.4 Å². The van der Waals surface area contributed by atoms with E-state index in [4.69, 9.17) is 4.74 Å². The van der Waals surface area contributed by atoms with Gasteiger partial charge in [-0.25, -0.2) is 0 Å². The Balaban J connectivity index is 1.78. The topological polar surface area (TPSA) is 79.0 Å². The number of amides is 3. The van der Waals surface area contributed by atoms with E-state index in [1.54, 1.807) is 34.1 Å². The van der Waals surface area contributed by atoms with E-state index < -0.39 is 12.1 Å². The third-order valence-corrected chi connectivity index (χ3v) is 4.61. The molecule has 7 heteroatoms. The Hall–Kier alpha value is -2.57. The van der Waals surface area contributed by atoms with E-state index in [1.807, 2.05) is 6.92 Å². The lowest BCUT2D eigenvalue weighted by Gasteiger charge is -2.45. The number of piperazine rings is 2. The van der Waals surface area contributed by atoms with Crippen LogP contribution in [-0.2, 0) is 9.59 Å². The van der Waals surface area contributed by atoms with Gasteiger partial charge in [0.05, 0.1) is 19.2 Å². The Labute approximate surface area is 140 Å². The minimum Gasteiger partial charge on any atom is -0.496 e. The highest BCUT2D eigenvalue weighted by molar-refractivity contribution is 6.00. The van der Waals surface area contributed by atoms with Crippen LogP contribution in [0.1, 0.15) is 23.7 Å². The van der Waals surface area contributed by atoms with Gasteiger partial charge < -0.3 is 19.9 Å². The second kappa shape index (κ2) is 6.51. The van der Waals surface area contributed by atoms with Gasteiger partial charge in [-0.2, -0.15) is 0 Å². The van der Waals surface area contributed by atoms with Gasteiger partial charge in [-0.1, -0.05) is 19.1 Å². The number of para-hydroxylation sites is 1. The molecule has 0 unspecified atom stereocenters. The largest absolute Gasteiger partial charge is 0.496 e. The zero-order chi connectivity index (χ0) is 17.3. The number of hydrogen-bond acceptors (Lipinski definition) is 4. The van der Waals surface area contributed by atoms with Gasteiger partial charge in [-0.15, -0.1) is 0 Å². The van der Waals surface area contributed by atoms with Crippen molar-refractivity contribution in [1.29, 1.82) is 0 Å². The van der Waals surface area contributed by atoms with E-state index in [9.17, 15) is 14.4 Å². The summed E-state index contributed by atoms with van der Waals surface area (Å²) in [6.07, 6.45) is 0.567. The fourth-order valence-electron chi connectivity index (χ4n) is 3.25. The summed E-state index contributed by atoms with van der Waals surface area (Å²) in [4.78, 5) is 40.7. The van der Waals surface area contributed by atoms with Crippen molar-refractivity contribution < 1.29 is 19.1 Å². The molecule has 2 heterocycles. The maximum Gasteiger partial charge on any atom is 0.257 e. The van der Waals surface area contributed by atoms with Crippen LogP contribution in [0.15, 0.2) is 24.3 Å². The Bertz CT molecular complexity index is 676. The zero-order valence-corrected chi connectivity index (χ0v) is 13.8. The van der Waals surface area contributed by atoms with Crippen LogP contribution in [0.2, 0.25) is 0 Å². The average Bonchev–Trinajstić information content (AvgIpc) is 2.63. The first kappa shape index (κ1) is 16.3. The minimum absolute atomic E-state index is 0.0634. The van der Waals surface area contributed by atoms with Gasteiger partial charge >= 0.3 is 0 Å². The molecule has 1 aromatic carbocycles. The van der Waals surface area contributed by atoms with Crippen molar-refractivity contribution >= 4 is 17.7 Å². The molecule has 0 spiro atoms. The van der Waals surface area contributed by atoms with Crippen molar-refractivity contribution in [3.05, 3.63) is 29.8 Å². The van der Waals surface area contributed by atoms with E-state index >= 15 is 0 Å². The molecule has 2 aliphatic heterocycles. The molecular formula is C17H21N3O4.